The van der Waals surface area contributed by atoms with Crippen LogP contribution < -0.4 is 0 Å². The Hall–Kier alpha value is -0.890. The average Bonchev–Trinajstić information content (AvgIpc) is 2.07. The molecule has 0 aliphatic rings. The molecule has 59 valence electrons. The summed E-state index contributed by atoms with van der Waals surface area (Å²) in [6.45, 7) is 0.0419. The Kier molecular flexibility index (Phi) is 3.62. The zero-order chi connectivity index (χ0) is 7.94. The fourth-order valence-electron chi connectivity index (χ4n) is 0.977. The van der Waals surface area contributed by atoms with Crippen molar-refractivity contribution in [3.8, 4) is 0 Å². The van der Waals surface area contributed by atoms with Crippen molar-refractivity contribution < 1.29 is 5.11 Å². The molecule has 0 amide bonds. The van der Waals surface area contributed by atoms with E-state index in [-0.39, 0.29) is 6.61 Å². The molecule has 0 saturated carbocycles. The maximum absolute atomic E-state index is 10.1. The second-order valence-electron chi connectivity index (χ2n) is 2.52. The van der Waals surface area contributed by atoms with Gasteiger partial charge >= 0.3 is 0 Å². The van der Waals surface area contributed by atoms with Crippen molar-refractivity contribution in [1.29, 1.82) is 0 Å². The van der Waals surface area contributed by atoms with Crippen LogP contribution in [0, 0.1) is 0 Å². The topological polar surface area (TPSA) is 32.8 Å². The molecular formula is C9H12NO. The molecule has 1 rings (SSSR count). The molecule has 0 bridgehead atoms. The Morgan fingerprint density at radius 1 is 1.36 bits per heavy atom. The highest BCUT2D eigenvalue weighted by Crippen LogP contribution is 2.01. The van der Waals surface area contributed by atoms with Gasteiger partial charge in [-0.05, 0) is 30.9 Å². The van der Waals surface area contributed by atoms with Crippen LogP contribution in [0.5, 0.6) is 0 Å². The highest BCUT2D eigenvalue weighted by atomic mass is 16.2. The molecule has 2 heteroatoms. The molecule has 0 saturated heterocycles. The van der Waals surface area contributed by atoms with Crippen molar-refractivity contribution in [1.82, 2.24) is 4.98 Å². The third kappa shape index (κ3) is 3.14. The van der Waals surface area contributed by atoms with Gasteiger partial charge in [-0.15, -0.1) is 0 Å². The number of pyridine rings is 1. The van der Waals surface area contributed by atoms with Crippen molar-refractivity contribution in [2.24, 2.45) is 0 Å². The summed E-state index contributed by atoms with van der Waals surface area (Å²) in [5.74, 6) is 0. The Morgan fingerprint density at radius 2 is 2.27 bits per heavy atom. The van der Waals surface area contributed by atoms with E-state index in [2.05, 4.69) is 4.98 Å². The third-order valence-corrected chi connectivity index (χ3v) is 1.58. The first-order chi connectivity index (χ1) is 5.43. The summed E-state index contributed by atoms with van der Waals surface area (Å²) < 4.78 is 0. The lowest BCUT2D eigenvalue weighted by molar-refractivity contribution is 0.187. The summed E-state index contributed by atoms with van der Waals surface area (Å²) in [5, 5.41) is 10.1. The molecule has 1 aromatic rings. The molecule has 11 heavy (non-hydrogen) atoms. The minimum atomic E-state index is 0.0419. The van der Waals surface area contributed by atoms with Crippen LogP contribution in [-0.4, -0.2) is 11.6 Å². The van der Waals surface area contributed by atoms with Crippen molar-refractivity contribution in [3.63, 3.8) is 0 Å². The lowest BCUT2D eigenvalue weighted by atomic mass is 10.1. The quantitative estimate of drug-likeness (QED) is 0.603. The predicted molar refractivity (Wildman–Crippen MR) is 42.7 cm³/mol. The van der Waals surface area contributed by atoms with E-state index in [9.17, 15) is 5.11 Å². The third-order valence-electron chi connectivity index (χ3n) is 1.58. The van der Waals surface area contributed by atoms with Gasteiger partial charge in [-0.1, -0.05) is 6.07 Å². The first-order valence-electron chi connectivity index (χ1n) is 3.90. The zero-order valence-corrected chi connectivity index (χ0v) is 6.49. The van der Waals surface area contributed by atoms with E-state index in [0.717, 1.165) is 19.3 Å². The minimum Gasteiger partial charge on any atom is -0.264 e. The van der Waals surface area contributed by atoms with E-state index >= 15 is 0 Å². The molecule has 0 aliphatic heterocycles. The van der Waals surface area contributed by atoms with Gasteiger partial charge in [0.15, 0.2) is 0 Å². The maximum atomic E-state index is 10.1. The van der Waals surface area contributed by atoms with Crippen LogP contribution in [0.15, 0.2) is 24.5 Å². The van der Waals surface area contributed by atoms with E-state index in [4.69, 9.17) is 0 Å². The molecule has 1 radical (unpaired) electrons. The lowest BCUT2D eigenvalue weighted by Crippen LogP contribution is -1.87. The molecule has 0 aromatic carbocycles. The fraction of sp³-hybridized carbons (Fsp3) is 0.444. The zero-order valence-electron chi connectivity index (χ0n) is 6.49. The summed E-state index contributed by atoms with van der Waals surface area (Å²) in [5.41, 5.74) is 1.22. The number of unbranched alkanes of at least 4 members (excludes halogenated alkanes) is 1. The summed E-state index contributed by atoms with van der Waals surface area (Å²) in [6, 6.07) is 3.96. The molecule has 0 atom stereocenters. The Bertz CT molecular complexity index is 186. The average molecular weight is 150 g/mol. The van der Waals surface area contributed by atoms with Gasteiger partial charge in [0.25, 0.3) is 0 Å². The monoisotopic (exact) mass is 150 g/mol. The highest BCUT2D eigenvalue weighted by molar-refractivity contribution is 5.08. The molecule has 2 nitrogen and oxygen atoms in total. The largest absolute Gasteiger partial charge is 0.264 e. The summed E-state index contributed by atoms with van der Waals surface area (Å²) in [7, 11) is 0. The van der Waals surface area contributed by atoms with Gasteiger partial charge in [-0.3, -0.25) is 4.98 Å². The summed E-state index contributed by atoms with van der Waals surface area (Å²) in [4.78, 5) is 3.99. The van der Waals surface area contributed by atoms with Crippen molar-refractivity contribution >= 4 is 0 Å². The lowest BCUT2D eigenvalue weighted by Gasteiger charge is -1.96. The SMILES string of the molecule is [O]CCCCc1cccnc1. The molecule has 0 unspecified atom stereocenters. The second kappa shape index (κ2) is 4.85. The van der Waals surface area contributed by atoms with Gasteiger partial charge < -0.3 is 0 Å². The van der Waals surface area contributed by atoms with Gasteiger partial charge in [-0.25, -0.2) is 5.11 Å². The number of aryl methyl sites for hydroxylation is 1. The number of nitrogens with zero attached hydrogens (tertiary/aromatic N) is 1. The Balaban J connectivity index is 2.28. The van der Waals surface area contributed by atoms with Gasteiger partial charge in [-0.2, -0.15) is 0 Å². The normalized spacial score (nSPS) is 9.91. The second-order valence-corrected chi connectivity index (χ2v) is 2.52. The number of hydrogen-bond acceptors (Lipinski definition) is 1. The first kappa shape index (κ1) is 8.21. The van der Waals surface area contributed by atoms with Crippen LogP contribution >= 0.6 is 0 Å². The van der Waals surface area contributed by atoms with Gasteiger partial charge in [0.2, 0.25) is 0 Å². The Labute approximate surface area is 66.9 Å². The molecular weight excluding hydrogens is 138 g/mol. The van der Waals surface area contributed by atoms with E-state index in [1.165, 1.54) is 5.56 Å². The fourth-order valence-corrected chi connectivity index (χ4v) is 0.977. The standard InChI is InChI=1S/C9H12NO/c11-7-2-1-4-9-5-3-6-10-8-9/h3,5-6,8H,1-2,4,7H2. The maximum Gasteiger partial charge on any atom is 0.0822 e. The molecule has 0 aliphatic carbocycles. The van der Waals surface area contributed by atoms with E-state index < -0.39 is 0 Å². The number of rotatable bonds is 4. The van der Waals surface area contributed by atoms with Crippen LogP contribution in [0.2, 0.25) is 0 Å². The molecule has 0 fully saturated rings. The molecule has 1 heterocycles. The Morgan fingerprint density at radius 3 is 2.91 bits per heavy atom. The summed E-state index contributed by atoms with van der Waals surface area (Å²) in [6.07, 6.45) is 6.35. The number of aromatic nitrogens is 1. The molecule has 0 N–H and O–H groups in total. The van der Waals surface area contributed by atoms with Crippen LogP contribution in [0.1, 0.15) is 18.4 Å². The van der Waals surface area contributed by atoms with Crippen LogP contribution in [0.4, 0.5) is 0 Å². The van der Waals surface area contributed by atoms with Crippen molar-refractivity contribution in [3.05, 3.63) is 30.1 Å². The minimum absolute atomic E-state index is 0.0419. The van der Waals surface area contributed by atoms with Crippen molar-refractivity contribution in [2.45, 2.75) is 19.3 Å². The van der Waals surface area contributed by atoms with Gasteiger partial charge in [0.05, 0.1) is 6.61 Å². The number of hydrogen-bond donors (Lipinski definition) is 0. The van der Waals surface area contributed by atoms with E-state index in [0.29, 0.717) is 0 Å². The van der Waals surface area contributed by atoms with Crippen molar-refractivity contribution in [2.75, 3.05) is 6.61 Å². The predicted octanol–water partition coefficient (Wildman–Crippen LogP) is 1.83. The van der Waals surface area contributed by atoms with Crippen LogP contribution in [0.25, 0.3) is 0 Å². The van der Waals surface area contributed by atoms with E-state index in [1.807, 2.05) is 18.3 Å². The van der Waals surface area contributed by atoms with Crippen LogP contribution in [0.3, 0.4) is 0 Å². The smallest absolute Gasteiger partial charge is 0.0822 e. The molecule has 1 aromatic heterocycles. The summed E-state index contributed by atoms with van der Waals surface area (Å²) >= 11 is 0. The van der Waals surface area contributed by atoms with Crippen LogP contribution in [-0.2, 0) is 11.5 Å². The van der Waals surface area contributed by atoms with Gasteiger partial charge in [0.1, 0.15) is 0 Å². The molecule has 0 spiro atoms. The first-order valence-corrected chi connectivity index (χ1v) is 3.90. The van der Waals surface area contributed by atoms with Gasteiger partial charge in [0, 0.05) is 12.4 Å². The highest BCUT2D eigenvalue weighted by Gasteiger charge is 1.90. The van der Waals surface area contributed by atoms with E-state index in [1.54, 1.807) is 6.20 Å².